The second-order valence-corrected chi connectivity index (χ2v) is 4.40. The van der Waals surface area contributed by atoms with Gasteiger partial charge in [0.2, 0.25) is 0 Å². The second kappa shape index (κ2) is 5.32. The number of likely N-dealkylation sites (N-methyl/N-ethyl adjacent to an activating group) is 1. The molecule has 18 heavy (non-hydrogen) atoms. The van der Waals surface area contributed by atoms with Crippen LogP contribution in [0.5, 0.6) is 0 Å². The summed E-state index contributed by atoms with van der Waals surface area (Å²) in [7, 11) is 2.01. The number of nitrogens with two attached hydrogens (primary N) is 1. The van der Waals surface area contributed by atoms with Crippen molar-refractivity contribution in [1.82, 2.24) is 9.80 Å². The largest absolute Gasteiger partial charge is 0.336 e. The Labute approximate surface area is 105 Å². The van der Waals surface area contributed by atoms with Crippen LogP contribution >= 0.6 is 0 Å². The number of amides is 1. The number of carbonyl (C=O) groups is 1. The number of carbonyl (C=O) groups excluding carboxylic acids is 1. The molecule has 0 aromatic heterocycles. The number of nitrogens with one attached hydrogen (secondary N) is 1. The van der Waals surface area contributed by atoms with E-state index in [0.717, 1.165) is 13.1 Å². The molecule has 1 aliphatic rings. The zero-order valence-electron chi connectivity index (χ0n) is 10.3. The molecule has 0 aliphatic carbocycles. The number of hydrazine groups is 1. The first-order valence-corrected chi connectivity index (χ1v) is 5.86. The molecule has 98 valence electrons. The van der Waals surface area contributed by atoms with Gasteiger partial charge in [-0.15, -0.1) is 0 Å². The molecule has 0 atom stereocenters. The molecular weight excluding hydrogens is 235 g/mol. The monoisotopic (exact) mass is 252 g/mol. The van der Waals surface area contributed by atoms with Crippen LogP contribution in [0.1, 0.15) is 10.4 Å². The Kier molecular flexibility index (Phi) is 3.78. The fourth-order valence-electron chi connectivity index (χ4n) is 2.03. The third-order valence-electron chi connectivity index (χ3n) is 3.18. The Bertz CT molecular complexity index is 444. The van der Waals surface area contributed by atoms with E-state index in [1.807, 2.05) is 7.05 Å². The van der Waals surface area contributed by atoms with Gasteiger partial charge in [-0.2, -0.15) is 0 Å². The van der Waals surface area contributed by atoms with Crippen molar-refractivity contribution in [2.24, 2.45) is 5.84 Å². The molecule has 0 radical (unpaired) electrons. The van der Waals surface area contributed by atoms with Gasteiger partial charge in [0.1, 0.15) is 5.82 Å². The number of piperazine rings is 1. The zero-order valence-corrected chi connectivity index (χ0v) is 10.3. The predicted molar refractivity (Wildman–Crippen MR) is 67.6 cm³/mol. The van der Waals surface area contributed by atoms with Crippen LogP contribution in [0, 0.1) is 5.82 Å². The summed E-state index contributed by atoms with van der Waals surface area (Å²) in [4.78, 5) is 16.2. The Morgan fingerprint density at radius 1 is 1.33 bits per heavy atom. The fraction of sp³-hybridized carbons (Fsp3) is 0.417. The molecule has 2 rings (SSSR count). The summed E-state index contributed by atoms with van der Waals surface area (Å²) in [5, 5.41) is 0. The van der Waals surface area contributed by atoms with E-state index >= 15 is 0 Å². The van der Waals surface area contributed by atoms with E-state index in [1.165, 1.54) is 12.1 Å². The second-order valence-electron chi connectivity index (χ2n) is 4.40. The average molecular weight is 252 g/mol. The molecular formula is C12H17FN4O. The van der Waals surface area contributed by atoms with E-state index in [-0.39, 0.29) is 17.2 Å². The number of nitrogens with zero attached hydrogens (tertiary/aromatic N) is 2. The topological polar surface area (TPSA) is 61.6 Å². The summed E-state index contributed by atoms with van der Waals surface area (Å²) in [5.74, 6) is 4.57. The number of hydrogen-bond donors (Lipinski definition) is 2. The van der Waals surface area contributed by atoms with E-state index < -0.39 is 5.82 Å². The number of anilines is 1. The highest BCUT2D eigenvalue weighted by atomic mass is 19.1. The third-order valence-corrected chi connectivity index (χ3v) is 3.18. The first-order chi connectivity index (χ1) is 8.63. The number of nitrogen functional groups attached to an aromatic ring is 1. The molecule has 1 amide bonds. The first-order valence-electron chi connectivity index (χ1n) is 5.86. The van der Waals surface area contributed by atoms with Crippen LogP contribution in [-0.2, 0) is 0 Å². The summed E-state index contributed by atoms with van der Waals surface area (Å²) in [5.41, 5.74) is 2.60. The van der Waals surface area contributed by atoms with E-state index in [4.69, 9.17) is 5.84 Å². The van der Waals surface area contributed by atoms with Crippen molar-refractivity contribution in [3.8, 4) is 0 Å². The van der Waals surface area contributed by atoms with Gasteiger partial charge in [0.25, 0.3) is 5.91 Å². The van der Waals surface area contributed by atoms with Crippen molar-refractivity contribution >= 4 is 11.6 Å². The van der Waals surface area contributed by atoms with E-state index in [0.29, 0.717) is 13.1 Å². The number of benzene rings is 1. The first kappa shape index (κ1) is 12.8. The Morgan fingerprint density at radius 3 is 2.61 bits per heavy atom. The SMILES string of the molecule is CN1CCN(C(=O)c2cccc(F)c2NN)CC1. The van der Waals surface area contributed by atoms with Gasteiger partial charge < -0.3 is 15.2 Å². The molecule has 3 N–H and O–H groups in total. The maximum Gasteiger partial charge on any atom is 0.256 e. The molecule has 1 heterocycles. The number of hydrogen-bond acceptors (Lipinski definition) is 4. The highest BCUT2D eigenvalue weighted by Crippen LogP contribution is 2.20. The van der Waals surface area contributed by atoms with Gasteiger partial charge in [-0.1, -0.05) is 6.07 Å². The standard InChI is InChI=1S/C12H17FN4O/c1-16-5-7-17(8-6-16)12(18)9-3-2-4-10(13)11(9)15-14/h2-4,15H,5-8,14H2,1H3. The van der Waals surface area contributed by atoms with Crippen molar-refractivity contribution in [2.75, 3.05) is 38.7 Å². The van der Waals surface area contributed by atoms with E-state index in [2.05, 4.69) is 10.3 Å². The highest BCUT2D eigenvalue weighted by molar-refractivity contribution is 5.99. The summed E-state index contributed by atoms with van der Waals surface area (Å²) in [6.07, 6.45) is 0. The third kappa shape index (κ3) is 2.44. The molecule has 1 fully saturated rings. The highest BCUT2D eigenvalue weighted by Gasteiger charge is 2.23. The van der Waals surface area contributed by atoms with E-state index in [9.17, 15) is 9.18 Å². The summed E-state index contributed by atoms with van der Waals surface area (Å²) in [6.45, 7) is 2.95. The minimum absolute atomic E-state index is 0.0569. The van der Waals surface area contributed by atoms with Crippen molar-refractivity contribution in [2.45, 2.75) is 0 Å². The maximum atomic E-state index is 13.5. The molecule has 0 bridgehead atoms. The molecule has 6 heteroatoms. The zero-order chi connectivity index (χ0) is 13.1. The van der Waals surface area contributed by atoms with Gasteiger partial charge in [-0.3, -0.25) is 10.6 Å². The van der Waals surface area contributed by atoms with Crippen LogP contribution < -0.4 is 11.3 Å². The van der Waals surface area contributed by atoms with Crippen LogP contribution in [0.2, 0.25) is 0 Å². The number of halogens is 1. The minimum atomic E-state index is -0.516. The summed E-state index contributed by atoms with van der Waals surface area (Å²) in [6, 6.07) is 4.37. The quantitative estimate of drug-likeness (QED) is 0.594. The van der Waals surface area contributed by atoms with Crippen LogP contribution in [0.4, 0.5) is 10.1 Å². The van der Waals surface area contributed by atoms with Crippen molar-refractivity contribution < 1.29 is 9.18 Å². The van der Waals surface area contributed by atoms with Crippen molar-refractivity contribution in [3.05, 3.63) is 29.6 Å². The van der Waals surface area contributed by atoms with Gasteiger partial charge in [0, 0.05) is 26.2 Å². The van der Waals surface area contributed by atoms with Crippen molar-refractivity contribution in [1.29, 1.82) is 0 Å². The fourth-order valence-corrected chi connectivity index (χ4v) is 2.03. The van der Waals surface area contributed by atoms with Gasteiger partial charge >= 0.3 is 0 Å². The summed E-state index contributed by atoms with van der Waals surface area (Å²) >= 11 is 0. The molecule has 1 aromatic carbocycles. The molecule has 0 unspecified atom stereocenters. The molecule has 5 nitrogen and oxygen atoms in total. The Balaban J connectivity index is 2.21. The molecule has 0 saturated carbocycles. The lowest BCUT2D eigenvalue weighted by Crippen LogP contribution is -2.47. The van der Waals surface area contributed by atoms with Crippen LogP contribution in [0.15, 0.2) is 18.2 Å². The van der Waals surface area contributed by atoms with Gasteiger partial charge in [-0.05, 0) is 19.2 Å². The van der Waals surface area contributed by atoms with Gasteiger partial charge in [-0.25, -0.2) is 4.39 Å². The Hall–Kier alpha value is -1.66. The lowest BCUT2D eigenvalue weighted by Gasteiger charge is -2.32. The van der Waals surface area contributed by atoms with Crippen LogP contribution in [-0.4, -0.2) is 48.9 Å². The summed E-state index contributed by atoms with van der Waals surface area (Å²) < 4.78 is 13.5. The van der Waals surface area contributed by atoms with Crippen LogP contribution in [0.25, 0.3) is 0 Å². The number of para-hydroxylation sites is 1. The molecule has 1 aliphatic heterocycles. The molecule has 1 saturated heterocycles. The lowest BCUT2D eigenvalue weighted by atomic mass is 10.1. The van der Waals surface area contributed by atoms with Crippen LogP contribution in [0.3, 0.4) is 0 Å². The normalized spacial score (nSPS) is 16.7. The average Bonchev–Trinajstić information content (AvgIpc) is 2.38. The Morgan fingerprint density at radius 2 is 2.00 bits per heavy atom. The van der Waals surface area contributed by atoms with Gasteiger partial charge in [0.15, 0.2) is 0 Å². The lowest BCUT2D eigenvalue weighted by molar-refractivity contribution is 0.0664. The maximum absolute atomic E-state index is 13.5. The predicted octanol–water partition coefficient (Wildman–Crippen LogP) is 0.499. The minimum Gasteiger partial charge on any atom is -0.336 e. The number of rotatable bonds is 2. The van der Waals surface area contributed by atoms with Gasteiger partial charge in [0.05, 0.1) is 11.3 Å². The smallest absolute Gasteiger partial charge is 0.256 e. The van der Waals surface area contributed by atoms with E-state index in [1.54, 1.807) is 11.0 Å². The molecule has 0 spiro atoms. The molecule has 1 aromatic rings. The van der Waals surface area contributed by atoms with Crippen molar-refractivity contribution in [3.63, 3.8) is 0 Å².